The number of nitro groups is 1. The molecule has 0 aliphatic heterocycles. The fourth-order valence-corrected chi connectivity index (χ4v) is 1.53. The second-order valence-corrected chi connectivity index (χ2v) is 3.76. The molecule has 2 N–H and O–H groups in total. The molecule has 1 rings (SSSR count). The predicted octanol–water partition coefficient (Wildman–Crippen LogP) is 0.470. The van der Waals surface area contributed by atoms with Gasteiger partial charge in [0.1, 0.15) is 6.20 Å². The Balaban J connectivity index is 2.40. The standard InChI is InChI=1S/C7H11N3O4S/c1-14-4-5(11)2-8-7-9-3-6(15-7)10(12)13/h3,5,11H,2,4H2,1H3,(H,8,9). The van der Waals surface area contributed by atoms with Crippen molar-refractivity contribution in [2.75, 3.05) is 25.6 Å². The van der Waals surface area contributed by atoms with Gasteiger partial charge < -0.3 is 15.2 Å². The Morgan fingerprint density at radius 2 is 2.60 bits per heavy atom. The second-order valence-electron chi connectivity index (χ2n) is 2.75. The monoisotopic (exact) mass is 233 g/mol. The lowest BCUT2D eigenvalue weighted by atomic mass is 10.4. The highest BCUT2D eigenvalue weighted by Crippen LogP contribution is 2.24. The van der Waals surface area contributed by atoms with Crippen LogP contribution in [0.25, 0.3) is 0 Å². The van der Waals surface area contributed by atoms with Crippen LogP contribution in [-0.4, -0.2) is 41.4 Å². The third-order valence-electron chi connectivity index (χ3n) is 1.52. The van der Waals surface area contributed by atoms with Crippen molar-refractivity contribution in [3.63, 3.8) is 0 Å². The molecule has 84 valence electrons. The number of hydrogen-bond acceptors (Lipinski definition) is 7. The summed E-state index contributed by atoms with van der Waals surface area (Å²) in [5.74, 6) is 0. The fourth-order valence-electron chi connectivity index (χ4n) is 0.888. The van der Waals surface area contributed by atoms with Crippen LogP contribution < -0.4 is 5.32 Å². The van der Waals surface area contributed by atoms with Gasteiger partial charge in [-0.2, -0.15) is 0 Å². The Labute approximate surface area is 89.9 Å². The van der Waals surface area contributed by atoms with Crippen molar-refractivity contribution in [1.29, 1.82) is 0 Å². The Morgan fingerprint density at radius 1 is 1.87 bits per heavy atom. The zero-order valence-corrected chi connectivity index (χ0v) is 8.86. The number of nitrogens with zero attached hydrogens (tertiary/aromatic N) is 2. The van der Waals surface area contributed by atoms with Crippen LogP contribution in [0.5, 0.6) is 0 Å². The molecule has 7 nitrogen and oxygen atoms in total. The average molecular weight is 233 g/mol. The quantitative estimate of drug-likeness (QED) is 0.547. The molecule has 15 heavy (non-hydrogen) atoms. The third kappa shape index (κ3) is 3.78. The minimum atomic E-state index is -0.655. The summed E-state index contributed by atoms with van der Waals surface area (Å²) in [4.78, 5) is 13.6. The molecule has 1 atom stereocenters. The highest BCUT2D eigenvalue weighted by atomic mass is 32.1. The summed E-state index contributed by atoms with van der Waals surface area (Å²) in [5, 5.41) is 22.8. The van der Waals surface area contributed by atoms with Gasteiger partial charge in [0.25, 0.3) is 0 Å². The third-order valence-corrected chi connectivity index (χ3v) is 2.43. The van der Waals surface area contributed by atoms with Crippen LogP contribution >= 0.6 is 11.3 Å². The van der Waals surface area contributed by atoms with Gasteiger partial charge >= 0.3 is 5.00 Å². The van der Waals surface area contributed by atoms with E-state index in [9.17, 15) is 15.2 Å². The summed E-state index contributed by atoms with van der Waals surface area (Å²) in [6.45, 7) is 0.457. The Kier molecular flexibility index (Phi) is 4.40. The topological polar surface area (TPSA) is 97.5 Å². The van der Waals surface area contributed by atoms with Crippen LogP contribution in [0.4, 0.5) is 10.1 Å². The van der Waals surface area contributed by atoms with Gasteiger partial charge in [0, 0.05) is 13.7 Å². The lowest BCUT2D eigenvalue weighted by Gasteiger charge is -2.08. The summed E-state index contributed by atoms with van der Waals surface area (Å²) < 4.78 is 4.72. The first-order valence-electron chi connectivity index (χ1n) is 4.14. The Morgan fingerprint density at radius 3 is 3.13 bits per heavy atom. The maximum absolute atomic E-state index is 10.3. The molecule has 1 unspecified atom stereocenters. The SMILES string of the molecule is COCC(O)CNc1ncc([N+](=O)[O-])s1. The van der Waals surface area contributed by atoms with Crippen LogP contribution in [0.1, 0.15) is 0 Å². The number of rotatable bonds is 6. The largest absolute Gasteiger partial charge is 0.389 e. The zero-order valence-electron chi connectivity index (χ0n) is 8.04. The number of anilines is 1. The molecule has 0 saturated carbocycles. The number of aromatic nitrogens is 1. The van der Waals surface area contributed by atoms with Crippen molar-refractivity contribution in [2.45, 2.75) is 6.10 Å². The van der Waals surface area contributed by atoms with Gasteiger partial charge in [-0.05, 0) is 11.3 Å². The Bertz CT molecular complexity index is 330. The molecule has 0 aromatic carbocycles. The molecule has 0 aliphatic rings. The summed E-state index contributed by atoms with van der Waals surface area (Å²) >= 11 is 0.928. The van der Waals surface area contributed by atoms with Crippen molar-refractivity contribution in [3.8, 4) is 0 Å². The van der Waals surface area contributed by atoms with E-state index in [2.05, 4.69) is 10.3 Å². The van der Waals surface area contributed by atoms with Crippen LogP contribution in [0.3, 0.4) is 0 Å². The number of hydrogen-bond donors (Lipinski definition) is 2. The van der Waals surface area contributed by atoms with E-state index in [1.165, 1.54) is 13.3 Å². The zero-order chi connectivity index (χ0) is 11.3. The van der Waals surface area contributed by atoms with Gasteiger partial charge in [-0.3, -0.25) is 10.1 Å². The average Bonchev–Trinajstić information content (AvgIpc) is 2.63. The lowest BCUT2D eigenvalue weighted by molar-refractivity contribution is -0.380. The van der Waals surface area contributed by atoms with E-state index in [0.29, 0.717) is 5.13 Å². The molecule has 0 radical (unpaired) electrons. The van der Waals surface area contributed by atoms with E-state index >= 15 is 0 Å². The van der Waals surface area contributed by atoms with Gasteiger partial charge in [-0.15, -0.1) is 0 Å². The summed E-state index contributed by atoms with van der Waals surface area (Å²) in [6.07, 6.45) is 0.522. The summed E-state index contributed by atoms with van der Waals surface area (Å²) in [6, 6.07) is 0. The first kappa shape index (κ1) is 11.8. The van der Waals surface area contributed by atoms with Crippen molar-refractivity contribution >= 4 is 21.5 Å². The van der Waals surface area contributed by atoms with E-state index < -0.39 is 11.0 Å². The van der Waals surface area contributed by atoms with Crippen molar-refractivity contribution in [1.82, 2.24) is 4.98 Å². The van der Waals surface area contributed by atoms with Gasteiger partial charge in [-0.1, -0.05) is 0 Å². The van der Waals surface area contributed by atoms with Crippen LogP contribution in [0.15, 0.2) is 6.20 Å². The molecule has 1 aromatic heterocycles. The first-order chi connectivity index (χ1) is 7.13. The molecular weight excluding hydrogens is 222 g/mol. The van der Waals surface area contributed by atoms with Gasteiger partial charge in [0.15, 0.2) is 5.13 Å². The normalized spacial score (nSPS) is 12.4. The van der Waals surface area contributed by atoms with Gasteiger partial charge in [-0.25, -0.2) is 4.98 Å². The van der Waals surface area contributed by atoms with Crippen molar-refractivity contribution in [3.05, 3.63) is 16.3 Å². The van der Waals surface area contributed by atoms with Crippen LogP contribution in [0, 0.1) is 10.1 Å². The predicted molar refractivity (Wildman–Crippen MR) is 55.1 cm³/mol. The molecule has 1 aromatic rings. The highest BCUT2D eigenvalue weighted by molar-refractivity contribution is 7.18. The highest BCUT2D eigenvalue weighted by Gasteiger charge is 2.12. The molecule has 1 heterocycles. The molecular formula is C7H11N3O4S. The number of aliphatic hydroxyl groups is 1. The number of ether oxygens (including phenoxy) is 1. The van der Waals surface area contributed by atoms with Crippen molar-refractivity contribution < 1.29 is 14.8 Å². The van der Waals surface area contributed by atoms with Crippen molar-refractivity contribution in [2.24, 2.45) is 0 Å². The fraction of sp³-hybridized carbons (Fsp3) is 0.571. The lowest BCUT2D eigenvalue weighted by Crippen LogP contribution is -2.23. The smallest absolute Gasteiger partial charge is 0.345 e. The summed E-state index contributed by atoms with van der Waals surface area (Å²) in [5.41, 5.74) is 0. The van der Waals surface area contributed by atoms with E-state index in [1.54, 1.807) is 0 Å². The van der Waals surface area contributed by atoms with Gasteiger partial charge in [0.05, 0.1) is 17.6 Å². The Hall–Kier alpha value is -1.25. The number of thiazole rings is 1. The molecule has 0 amide bonds. The molecule has 0 bridgehead atoms. The molecule has 0 saturated heterocycles. The second kappa shape index (κ2) is 5.59. The molecule has 8 heteroatoms. The molecule has 0 spiro atoms. The number of aliphatic hydroxyl groups excluding tert-OH is 1. The van der Waals surface area contributed by atoms with Crippen LogP contribution in [-0.2, 0) is 4.74 Å². The van der Waals surface area contributed by atoms with Gasteiger partial charge in [0.2, 0.25) is 0 Å². The van der Waals surface area contributed by atoms with E-state index in [0.717, 1.165) is 11.3 Å². The van der Waals surface area contributed by atoms with E-state index in [1.807, 2.05) is 0 Å². The van der Waals surface area contributed by atoms with E-state index in [-0.39, 0.29) is 18.2 Å². The molecule has 0 aliphatic carbocycles. The molecule has 0 fully saturated rings. The van der Waals surface area contributed by atoms with Crippen LogP contribution in [0.2, 0.25) is 0 Å². The summed E-state index contributed by atoms with van der Waals surface area (Å²) in [7, 11) is 1.48. The minimum absolute atomic E-state index is 0.0290. The minimum Gasteiger partial charge on any atom is -0.389 e. The first-order valence-corrected chi connectivity index (χ1v) is 4.96. The maximum Gasteiger partial charge on any atom is 0.345 e. The maximum atomic E-state index is 10.3. The van der Waals surface area contributed by atoms with E-state index in [4.69, 9.17) is 4.74 Å². The number of methoxy groups -OCH3 is 1. The number of nitrogens with one attached hydrogen (secondary N) is 1.